The third-order valence-electron chi connectivity index (χ3n) is 2.51. The van der Waals surface area contributed by atoms with Crippen LogP contribution in [-0.2, 0) is 6.42 Å². The van der Waals surface area contributed by atoms with Crippen molar-refractivity contribution in [2.24, 2.45) is 0 Å². The average molecular weight is 234 g/mol. The first-order valence-electron chi connectivity index (χ1n) is 5.61. The molecular formula is C13H22CaO. The van der Waals surface area contributed by atoms with E-state index in [0.29, 0.717) is 5.75 Å². The normalized spacial score (nSPS) is 9.67. The number of phenols is 1. The summed E-state index contributed by atoms with van der Waals surface area (Å²) in [4.78, 5) is 0. The Labute approximate surface area is 123 Å². The molecule has 0 spiro atoms. The van der Waals surface area contributed by atoms with Crippen molar-refractivity contribution in [2.75, 3.05) is 0 Å². The van der Waals surface area contributed by atoms with Crippen LogP contribution in [0.4, 0.5) is 0 Å². The summed E-state index contributed by atoms with van der Waals surface area (Å²) in [6, 6.07) is 7.55. The van der Waals surface area contributed by atoms with E-state index in [1.54, 1.807) is 12.1 Å². The molecule has 0 amide bonds. The van der Waals surface area contributed by atoms with Crippen LogP contribution >= 0.6 is 0 Å². The number of phenolic OH excluding ortho intramolecular Hbond substituents is 1. The second-order valence-corrected chi connectivity index (χ2v) is 3.83. The fourth-order valence-corrected chi connectivity index (χ4v) is 1.60. The molecular weight excluding hydrogens is 212 g/mol. The quantitative estimate of drug-likeness (QED) is 0.592. The van der Waals surface area contributed by atoms with Crippen molar-refractivity contribution in [3.8, 4) is 5.75 Å². The van der Waals surface area contributed by atoms with E-state index in [9.17, 15) is 0 Å². The molecule has 0 aliphatic heterocycles. The molecule has 0 saturated heterocycles. The Kier molecular flexibility index (Phi) is 9.68. The van der Waals surface area contributed by atoms with E-state index < -0.39 is 0 Å². The molecule has 1 aromatic carbocycles. The van der Waals surface area contributed by atoms with Gasteiger partial charge in [0.05, 0.1) is 0 Å². The molecule has 82 valence electrons. The van der Waals surface area contributed by atoms with Crippen molar-refractivity contribution in [3.63, 3.8) is 0 Å². The molecule has 0 aromatic heterocycles. The Balaban J connectivity index is 0.00000196. The second kappa shape index (κ2) is 9.50. The predicted molar refractivity (Wildman–Crippen MR) is 69.1 cm³/mol. The van der Waals surface area contributed by atoms with Crippen molar-refractivity contribution in [2.45, 2.75) is 45.4 Å². The number of unbranched alkanes of at least 4 members (excludes halogenated alkanes) is 4. The van der Waals surface area contributed by atoms with Gasteiger partial charge in [-0.3, -0.25) is 0 Å². The van der Waals surface area contributed by atoms with Gasteiger partial charge in [-0.1, -0.05) is 44.7 Å². The van der Waals surface area contributed by atoms with Crippen LogP contribution in [0.15, 0.2) is 24.3 Å². The standard InChI is InChI=1S/C13H20O.Ca.2H/c1-2-3-4-5-6-7-12-8-10-13(14)11-9-12;;;/h8-11,14H,2-7H2,1H3;;;. The minimum absolute atomic E-state index is 0. The summed E-state index contributed by atoms with van der Waals surface area (Å²) < 4.78 is 0. The van der Waals surface area contributed by atoms with Gasteiger partial charge in [-0.25, -0.2) is 0 Å². The first kappa shape index (κ1) is 15.3. The number of benzene rings is 1. The molecule has 0 unspecified atom stereocenters. The molecule has 1 rings (SSSR count). The Morgan fingerprint density at radius 1 is 0.933 bits per heavy atom. The van der Waals surface area contributed by atoms with E-state index in [4.69, 9.17) is 5.11 Å². The van der Waals surface area contributed by atoms with Gasteiger partial charge in [-0.15, -0.1) is 0 Å². The first-order valence-corrected chi connectivity index (χ1v) is 5.61. The minimum atomic E-state index is 0. The Morgan fingerprint density at radius 2 is 1.53 bits per heavy atom. The number of hydrogen-bond donors (Lipinski definition) is 1. The summed E-state index contributed by atoms with van der Waals surface area (Å²) in [7, 11) is 0. The number of aromatic hydroxyl groups is 1. The van der Waals surface area contributed by atoms with Crippen LogP contribution in [0.1, 0.15) is 44.6 Å². The van der Waals surface area contributed by atoms with E-state index in [1.807, 2.05) is 12.1 Å². The molecule has 0 saturated carbocycles. The monoisotopic (exact) mass is 234 g/mol. The van der Waals surface area contributed by atoms with E-state index in [2.05, 4.69) is 6.92 Å². The van der Waals surface area contributed by atoms with Gasteiger partial charge in [-0.2, -0.15) is 0 Å². The maximum atomic E-state index is 9.10. The van der Waals surface area contributed by atoms with Crippen LogP contribution in [-0.4, -0.2) is 42.8 Å². The fourth-order valence-electron chi connectivity index (χ4n) is 1.60. The van der Waals surface area contributed by atoms with Crippen molar-refractivity contribution >= 4 is 37.7 Å². The summed E-state index contributed by atoms with van der Waals surface area (Å²) in [5.74, 6) is 0.361. The Morgan fingerprint density at radius 3 is 2.13 bits per heavy atom. The summed E-state index contributed by atoms with van der Waals surface area (Å²) in [6.07, 6.45) is 7.76. The third-order valence-corrected chi connectivity index (χ3v) is 2.51. The topological polar surface area (TPSA) is 20.2 Å². The number of rotatable bonds is 6. The number of aryl methyl sites for hydroxylation is 1. The molecule has 2 heteroatoms. The predicted octanol–water partition coefficient (Wildman–Crippen LogP) is 2.99. The van der Waals surface area contributed by atoms with Crippen molar-refractivity contribution in [1.82, 2.24) is 0 Å². The van der Waals surface area contributed by atoms with Crippen LogP contribution in [0.3, 0.4) is 0 Å². The SMILES string of the molecule is CCCCCCCc1ccc(O)cc1.[CaH2]. The molecule has 0 fully saturated rings. The van der Waals surface area contributed by atoms with Crippen molar-refractivity contribution in [1.29, 1.82) is 0 Å². The molecule has 1 N–H and O–H groups in total. The van der Waals surface area contributed by atoms with Crippen molar-refractivity contribution < 1.29 is 5.11 Å². The molecule has 0 bridgehead atoms. The molecule has 1 aromatic rings. The Hall–Kier alpha value is 0.280. The van der Waals surface area contributed by atoms with E-state index in [0.717, 1.165) is 6.42 Å². The third kappa shape index (κ3) is 7.21. The van der Waals surface area contributed by atoms with E-state index in [-0.39, 0.29) is 37.7 Å². The second-order valence-electron chi connectivity index (χ2n) is 3.83. The van der Waals surface area contributed by atoms with Gasteiger partial charge >= 0.3 is 37.7 Å². The molecule has 0 aliphatic rings. The van der Waals surface area contributed by atoms with Crippen LogP contribution in [0.25, 0.3) is 0 Å². The Bertz CT molecular complexity index is 243. The van der Waals surface area contributed by atoms with Crippen LogP contribution in [0, 0.1) is 0 Å². The van der Waals surface area contributed by atoms with Crippen molar-refractivity contribution in [3.05, 3.63) is 29.8 Å². The summed E-state index contributed by atoms with van der Waals surface area (Å²) in [5.41, 5.74) is 1.33. The van der Waals surface area contributed by atoms with Gasteiger partial charge < -0.3 is 5.11 Å². The van der Waals surface area contributed by atoms with Gasteiger partial charge in [0.25, 0.3) is 0 Å². The van der Waals surface area contributed by atoms with Crippen LogP contribution < -0.4 is 0 Å². The van der Waals surface area contributed by atoms with Gasteiger partial charge in [0, 0.05) is 0 Å². The summed E-state index contributed by atoms with van der Waals surface area (Å²) in [5, 5.41) is 9.10. The molecule has 0 heterocycles. The molecule has 0 atom stereocenters. The first-order chi connectivity index (χ1) is 6.83. The fraction of sp³-hybridized carbons (Fsp3) is 0.538. The van der Waals surface area contributed by atoms with Gasteiger partial charge in [0.2, 0.25) is 0 Å². The molecule has 1 nitrogen and oxygen atoms in total. The van der Waals surface area contributed by atoms with E-state index >= 15 is 0 Å². The van der Waals surface area contributed by atoms with Crippen LogP contribution in [0.5, 0.6) is 5.75 Å². The van der Waals surface area contributed by atoms with Gasteiger partial charge in [-0.05, 0) is 30.5 Å². The zero-order valence-corrected chi connectivity index (χ0v) is 9.00. The maximum absolute atomic E-state index is 9.10. The summed E-state index contributed by atoms with van der Waals surface area (Å²) >= 11 is 0. The molecule has 15 heavy (non-hydrogen) atoms. The average Bonchev–Trinajstić information content (AvgIpc) is 2.21. The summed E-state index contributed by atoms with van der Waals surface area (Å²) in [6.45, 7) is 2.24. The zero-order chi connectivity index (χ0) is 10.2. The number of hydrogen-bond acceptors (Lipinski definition) is 1. The molecule has 0 radical (unpaired) electrons. The van der Waals surface area contributed by atoms with Gasteiger partial charge in [0.1, 0.15) is 5.75 Å². The zero-order valence-electron chi connectivity index (χ0n) is 9.00. The van der Waals surface area contributed by atoms with Gasteiger partial charge in [0.15, 0.2) is 0 Å². The van der Waals surface area contributed by atoms with E-state index in [1.165, 1.54) is 37.7 Å². The van der Waals surface area contributed by atoms with Crippen LogP contribution in [0.2, 0.25) is 0 Å². The molecule has 0 aliphatic carbocycles.